The minimum absolute atomic E-state index is 0.737. The third kappa shape index (κ3) is 3.27. The van der Waals surface area contributed by atoms with E-state index in [1.807, 2.05) is 11.7 Å². The van der Waals surface area contributed by atoms with Crippen LogP contribution in [0.3, 0.4) is 0 Å². The Hall–Kier alpha value is -0.580. The SMILES string of the molecule is CCc1nn(C)c(CN2CCCC(C3CCCN3)C2)c1Cl. The number of nitrogens with zero attached hydrogens (tertiary/aromatic N) is 3. The summed E-state index contributed by atoms with van der Waals surface area (Å²) in [6.07, 6.45) is 6.27. The van der Waals surface area contributed by atoms with Gasteiger partial charge in [-0.1, -0.05) is 18.5 Å². The van der Waals surface area contributed by atoms with Gasteiger partial charge in [-0.15, -0.1) is 0 Å². The summed E-state index contributed by atoms with van der Waals surface area (Å²) in [6.45, 7) is 6.63. The molecule has 2 unspecified atom stereocenters. The van der Waals surface area contributed by atoms with Crippen molar-refractivity contribution in [3.8, 4) is 0 Å². The van der Waals surface area contributed by atoms with Gasteiger partial charge in [-0.05, 0) is 51.1 Å². The number of likely N-dealkylation sites (tertiary alicyclic amines) is 1. The number of aryl methyl sites for hydroxylation is 2. The second-order valence-electron chi connectivity index (χ2n) is 6.52. The number of piperidine rings is 1. The number of halogens is 1. The number of aromatic nitrogens is 2. The zero-order chi connectivity index (χ0) is 14.8. The summed E-state index contributed by atoms with van der Waals surface area (Å²) in [7, 11) is 2.01. The van der Waals surface area contributed by atoms with E-state index >= 15 is 0 Å². The van der Waals surface area contributed by atoms with E-state index in [-0.39, 0.29) is 0 Å². The van der Waals surface area contributed by atoms with Gasteiger partial charge < -0.3 is 5.32 Å². The molecule has 0 spiro atoms. The smallest absolute Gasteiger partial charge is 0.0863 e. The lowest BCUT2D eigenvalue weighted by Gasteiger charge is -2.35. The van der Waals surface area contributed by atoms with Crippen molar-refractivity contribution >= 4 is 11.6 Å². The zero-order valence-electron chi connectivity index (χ0n) is 13.2. The normalized spacial score (nSPS) is 27.4. The maximum absolute atomic E-state index is 6.49. The fraction of sp³-hybridized carbons (Fsp3) is 0.812. The third-order valence-electron chi connectivity index (χ3n) is 5.09. The van der Waals surface area contributed by atoms with Gasteiger partial charge >= 0.3 is 0 Å². The van der Waals surface area contributed by atoms with E-state index in [0.717, 1.165) is 35.6 Å². The maximum Gasteiger partial charge on any atom is 0.0863 e. The monoisotopic (exact) mass is 310 g/mol. The molecule has 2 fully saturated rings. The summed E-state index contributed by atoms with van der Waals surface area (Å²) in [5, 5.41) is 9.09. The Morgan fingerprint density at radius 3 is 2.86 bits per heavy atom. The topological polar surface area (TPSA) is 33.1 Å². The molecule has 2 saturated heterocycles. The molecule has 118 valence electrons. The molecule has 2 aliphatic heterocycles. The first-order valence-electron chi connectivity index (χ1n) is 8.35. The lowest BCUT2D eigenvalue weighted by molar-refractivity contribution is 0.142. The number of rotatable bonds is 4. The van der Waals surface area contributed by atoms with E-state index in [1.165, 1.54) is 51.0 Å². The first-order valence-corrected chi connectivity index (χ1v) is 8.72. The van der Waals surface area contributed by atoms with Gasteiger partial charge in [0.05, 0.1) is 16.4 Å². The molecule has 0 aliphatic carbocycles. The molecule has 21 heavy (non-hydrogen) atoms. The van der Waals surface area contributed by atoms with Crippen LogP contribution >= 0.6 is 11.6 Å². The molecule has 0 amide bonds. The summed E-state index contributed by atoms with van der Waals surface area (Å²) in [6, 6.07) is 0.737. The van der Waals surface area contributed by atoms with Gasteiger partial charge in [0.2, 0.25) is 0 Å². The van der Waals surface area contributed by atoms with Crippen LogP contribution in [0, 0.1) is 5.92 Å². The summed E-state index contributed by atoms with van der Waals surface area (Å²) >= 11 is 6.49. The molecule has 4 nitrogen and oxygen atoms in total. The van der Waals surface area contributed by atoms with Crippen molar-refractivity contribution in [2.75, 3.05) is 19.6 Å². The van der Waals surface area contributed by atoms with Gasteiger partial charge in [0.25, 0.3) is 0 Å². The molecular weight excluding hydrogens is 284 g/mol. The first-order chi connectivity index (χ1) is 10.2. The second kappa shape index (κ2) is 6.67. The van der Waals surface area contributed by atoms with Gasteiger partial charge in [0, 0.05) is 26.2 Å². The Morgan fingerprint density at radius 2 is 2.19 bits per heavy atom. The maximum atomic E-state index is 6.49. The Bertz CT molecular complexity index is 479. The largest absolute Gasteiger partial charge is 0.314 e. The van der Waals surface area contributed by atoms with Gasteiger partial charge in [-0.25, -0.2) is 0 Å². The van der Waals surface area contributed by atoms with Crippen molar-refractivity contribution in [1.29, 1.82) is 0 Å². The minimum atomic E-state index is 0.737. The van der Waals surface area contributed by atoms with Gasteiger partial charge in [-0.3, -0.25) is 9.58 Å². The first kappa shape index (κ1) is 15.3. The molecule has 0 aromatic carbocycles. The van der Waals surface area contributed by atoms with Crippen molar-refractivity contribution in [3.63, 3.8) is 0 Å². The molecule has 0 radical (unpaired) electrons. The van der Waals surface area contributed by atoms with Gasteiger partial charge in [0.15, 0.2) is 0 Å². The van der Waals surface area contributed by atoms with Crippen molar-refractivity contribution in [2.24, 2.45) is 13.0 Å². The highest BCUT2D eigenvalue weighted by Gasteiger charge is 2.29. The van der Waals surface area contributed by atoms with Gasteiger partial charge in [0.1, 0.15) is 0 Å². The van der Waals surface area contributed by atoms with Crippen LogP contribution in [0.1, 0.15) is 44.0 Å². The quantitative estimate of drug-likeness (QED) is 0.928. The van der Waals surface area contributed by atoms with Crippen LogP contribution in [0.15, 0.2) is 0 Å². The van der Waals surface area contributed by atoms with E-state index in [1.54, 1.807) is 0 Å². The van der Waals surface area contributed by atoms with E-state index in [4.69, 9.17) is 11.6 Å². The molecular formula is C16H27ClN4. The predicted molar refractivity (Wildman–Crippen MR) is 86.6 cm³/mol. The average molecular weight is 311 g/mol. The van der Waals surface area contributed by atoms with E-state index in [0.29, 0.717) is 0 Å². The van der Waals surface area contributed by atoms with Crippen LogP contribution in [0.2, 0.25) is 5.02 Å². The Morgan fingerprint density at radius 1 is 1.33 bits per heavy atom. The molecule has 5 heteroatoms. The lowest BCUT2D eigenvalue weighted by Crippen LogP contribution is -2.43. The minimum Gasteiger partial charge on any atom is -0.314 e. The summed E-state index contributed by atoms with van der Waals surface area (Å²) in [5.41, 5.74) is 2.20. The van der Waals surface area contributed by atoms with Crippen molar-refractivity contribution < 1.29 is 0 Å². The van der Waals surface area contributed by atoms with Crippen LogP contribution in [-0.4, -0.2) is 40.4 Å². The van der Waals surface area contributed by atoms with Gasteiger partial charge in [-0.2, -0.15) is 5.10 Å². The van der Waals surface area contributed by atoms with Crippen LogP contribution < -0.4 is 5.32 Å². The van der Waals surface area contributed by atoms with E-state index < -0.39 is 0 Å². The highest BCUT2D eigenvalue weighted by Crippen LogP contribution is 2.28. The summed E-state index contributed by atoms with van der Waals surface area (Å²) in [4.78, 5) is 2.57. The molecule has 0 saturated carbocycles. The molecule has 1 aromatic rings. The molecule has 1 N–H and O–H groups in total. The Balaban J connectivity index is 1.65. The second-order valence-corrected chi connectivity index (χ2v) is 6.90. The van der Waals surface area contributed by atoms with E-state index in [2.05, 4.69) is 22.2 Å². The summed E-state index contributed by atoms with van der Waals surface area (Å²) < 4.78 is 1.97. The highest BCUT2D eigenvalue weighted by molar-refractivity contribution is 6.31. The predicted octanol–water partition coefficient (Wildman–Crippen LogP) is 2.60. The molecule has 1 aromatic heterocycles. The standard InChI is InChI=1S/C16H27ClN4/c1-3-13-16(17)15(20(2)19-13)11-21-9-5-6-12(10-21)14-7-4-8-18-14/h12,14,18H,3-11H2,1-2H3. The van der Waals surface area contributed by atoms with Crippen LogP contribution in [0.25, 0.3) is 0 Å². The molecule has 0 bridgehead atoms. The molecule has 2 atom stereocenters. The number of hydrogen-bond acceptors (Lipinski definition) is 3. The van der Waals surface area contributed by atoms with E-state index in [9.17, 15) is 0 Å². The fourth-order valence-electron chi connectivity index (χ4n) is 3.88. The third-order valence-corrected chi connectivity index (χ3v) is 5.52. The molecule has 3 heterocycles. The number of hydrogen-bond donors (Lipinski definition) is 1. The Labute approximate surface area is 132 Å². The number of nitrogens with one attached hydrogen (secondary N) is 1. The summed E-state index contributed by atoms with van der Waals surface area (Å²) in [5.74, 6) is 0.805. The average Bonchev–Trinajstić information content (AvgIpc) is 3.11. The van der Waals surface area contributed by atoms with Crippen LogP contribution in [0.4, 0.5) is 0 Å². The Kier molecular flexibility index (Phi) is 4.87. The fourth-order valence-corrected chi connectivity index (χ4v) is 4.23. The van der Waals surface area contributed by atoms with Crippen molar-refractivity contribution in [3.05, 3.63) is 16.4 Å². The highest BCUT2D eigenvalue weighted by atomic mass is 35.5. The zero-order valence-corrected chi connectivity index (χ0v) is 14.0. The molecule has 3 rings (SSSR count). The van der Waals surface area contributed by atoms with Crippen LogP contribution in [-0.2, 0) is 20.0 Å². The van der Waals surface area contributed by atoms with Crippen molar-refractivity contribution in [1.82, 2.24) is 20.0 Å². The lowest BCUT2D eigenvalue weighted by atomic mass is 9.90. The van der Waals surface area contributed by atoms with Crippen LogP contribution in [0.5, 0.6) is 0 Å². The van der Waals surface area contributed by atoms with Crippen molar-refractivity contribution in [2.45, 2.75) is 51.6 Å². The molecule has 2 aliphatic rings.